The van der Waals surface area contributed by atoms with E-state index in [0.717, 1.165) is 50.7 Å². The number of nitrogens with one attached hydrogen (secondary N) is 2. The van der Waals surface area contributed by atoms with Gasteiger partial charge in [-0.05, 0) is 62.3 Å². The molecule has 0 unspecified atom stereocenters. The van der Waals surface area contributed by atoms with E-state index in [9.17, 15) is 13.6 Å². The normalized spacial score (nSPS) is 17.4. The van der Waals surface area contributed by atoms with E-state index in [4.69, 9.17) is 13.9 Å². The summed E-state index contributed by atoms with van der Waals surface area (Å²) in [6, 6.07) is 16.6. The van der Waals surface area contributed by atoms with Gasteiger partial charge in [0.25, 0.3) is 0 Å². The van der Waals surface area contributed by atoms with Crippen LogP contribution in [0.3, 0.4) is 0 Å². The van der Waals surface area contributed by atoms with E-state index in [-0.39, 0.29) is 29.8 Å². The molecule has 5 rings (SSSR count). The average Bonchev–Trinajstić information content (AvgIpc) is 3.42. The molecule has 0 bridgehead atoms. The van der Waals surface area contributed by atoms with E-state index in [0.29, 0.717) is 18.2 Å². The zero-order valence-electron chi connectivity index (χ0n) is 21.7. The number of halogens is 2. The van der Waals surface area contributed by atoms with Gasteiger partial charge in [0.05, 0.1) is 24.6 Å². The Labute approximate surface area is 229 Å². The van der Waals surface area contributed by atoms with E-state index >= 15 is 0 Å². The smallest absolute Gasteiger partial charge is 0.320 e. The molecule has 208 valence electrons. The van der Waals surface area contributed by atoms with Gasteiger partial charge in [0, 0.05) is 17.8 Å². The molecule has 1 amide bonds. The van der Waals surface area contributed by atoms with E-state index in [2.05, 4.69) is 37.9 Å². The summed E-state index contributed by atoms with van der Waals surface area (Å²) < 4.78 is 44.0. The lowest BCUT2D eigenvalue weighted by Gasteiger charge is -2.25. The summed E-state index contributed by atoms with van der Waals surface area (Å²) in [5.41, 5.74) is 1.80. The first-order valence-electron chi connectivity index (χ1n) is 13.2. The quantitative estimate of drug-likeness (QED) is 0.246. The van der Waals surface area contributed by atoms with Gasteiger partial charge in [0.2, 0.25) is 5.88 Å². The van der Waals surface area contributed by atoms with Crippen molar-refractivity contribution < 1.29 is 27.5 Å². The molecule has 0 radical (unpaired) electrons. The second-order valence-corrected chi connectivity index (χ2v) is 9.53. The fourth-order valence-electron chi connectivity index (χ4n) is 4.45. The Morgan fingerprint density at radius 3 is 2.38 bits per heavy atom. The van der Waals surface area contributed by atoms with Crippen molar-refractivity contribution in [3.63, 3.8) is 0 Å². The van der Waals surface area contributed by atoms with E-state index in [1.807, 2.05) is 18.2 Å². The minimum atomic E-state index is -1.03. The molecule has 0 aliphatic heterocycles. The van der Waals surface area contributed by atoms with Crippen LogP contribution in [0.15, 0.2) is 71.3 Å². The van der Waals surface area contributed by atoms with Gasteiger partial charge in [-0.2, -0.15) is 0 Å². The molecule has 0 atom stereocenters. The lowest BCUT2D eigenvalue weighted by molar-refractivity contribution is 0.0159. The number of hydrogen-bond acceptors (Lipinski definition) is 8. The van der Waals surface area contributed by atoms with Gasteiger partial charge in [-0.1, -0.05) is 35.4 Å². The molecule has 2 heterocycles. The Morgan fingerprint density at radius 1 is 0.900 bits per heavy atom. The van der Waals surface area contributed by atoms with E-state index in [1.165, 1.54) is 17.8 Å². The third kappa shape index (κ3) is 7.60. The number of pyridine rings is 1. The second kappa shape index (κ2) is 13.1. The molecule has 0 spiro atoms. The number of hydrogen-bond donors (Lipinski definition) is 2. The topological polar surface area (TPSA) is 111 Å². The van der Waals surface area contributed by atoms with Gasteiger partial charge < -0.3 is 24.5 Å². The number of benzene rings is 2. The van der Waals surface area contributed by atoms with Crippen molar-refractivity contribution in [1.29, 1.82) is 0 Å². The van der Waals surface area contributed by atoms with Gasteiger partial charge in [-0.3, -0.25) is 4.79 Å². The molecule has 2 aromatic carbocycles. The first-order valence-corrected chi connectivity index (χ1v) is 13.2. The maximum Gasteiger partial charge on any atom is 0.320 e. The highest BCUT2D eigenvalue weighted by Gasteiger charge is 2.20. The lowest BCUT2D eigenvalue weighted by atomic mass is 9.96. The third-order valence-corrected chi connectivity index (χ3v) is 6.50. The van der Waals surface area contributed by atoms with Crippen LogP contribution < -0.4 is 15.4 Å². The van der Waals surface area contributed by atoms with Crippen LogP contribution in [-0.2, 0) is 11.3 Å². The summed E-state index contributed by atoms with van der Waals surface area (Å²) in [5.74, 6) is -2.49. The number of anilines is 3. The van der Waals surface area contributed by atoms with E-state index in [1.54, 1.807) is 12.1 Å². The van der Waals surface area contributed by atoms with Crippen molar-refractivity contribution >= 4 is 23.3 Å². The van der Waals surface area contributed by atoms with Crippen LogP contribution in [0.1, 0.15) is 54.8 Å². The van der Waals surface area contributed by atoms with Crippen molar-refractivity contribution in [1.82, 2.24) is 15.2 Å². The van der Waals surface area contributed by atoms with Crippen LogP contribution in [0, 0.1) is 11.6 Å². The number of carbonyl (C=O) groups excluding carboxylic acids is 1. The first-order chi connectivity index (χ1) is 19.5. The van der Waals surface area contributed by atoms with Gasteiger partial charge >= 0.3 is 17.8 Å². The molecule has 1 saturated carbocycles. The molecule has 1 aliphatic carbocycles. The van der Waals surface area contributed by atoms with Crippen LogP contribution in [0.2, 0.25) is 0 Å². The maximum absolute atomic E-state index is 13.4. The molecule has 40 heavy (non-hydrogen) atoms. The van der Waals surface area contributed by atoms with Crippen molar-refractivity contribution in [3.8, 4) is 5.88 Å². The van der Waals surface area contributed by atoms with Gasteiger partial charge in [0.15, 0.2) is 11.6 Å². The molecule has 1 aliphatic rings. The predicted molar refractivity (Wildman–Crippen MR) is 143 cm³/mol. The highest BCUT2D eigenvalue weighted by molar-refractivity contribution is 6.00. The summed E-state index contributed by atoms with van der Waals surface area (Å²) in [4.78, 5) is 16.8. The summed E-state index contributed by atoms with van der Waals surface area (Å²) in [6.07, 6.45) is 7.68. The first kappa shape index (κ1) is 27.2. The molecule has 1 fully saturated rings. The fourth-order valence-corrected chi connectivity index (χ4v) is 4.45. The SMILES string of the molecule is O=C(Nc1ccc(OC2CCCC(OCc3ccccc3)CCC2)nc1)c1nnc(Nc2ccc(F)c(F)c2)o1. The van der Waals surface area contributed by atoms with Crippen LogP contribution in [0.5, 0.6) is 5.88 Å². The van der Waals surface area contributed by atoms with Crippen molar-refractivity contribution in [2.24, 2.45) is 0 Å². The molecule has 2 aromatic heterocycles. The maximum atomic E-state index is 13.4. The summed E-state index contributed by atoms with van der Waals surface area (Å²) in [7, 11) is 0. The predicted octanol–water partition coefficient (Wildman–Crippen LogP) is 6.43. The average molecular weight is 550 g/mol. The van der Waals surface area contributed by atoms with Crippen LogP contribution in [0.4, 0.5) is 26.2 Å². The molecule has 11 heteroatoms. The van der Waals surface area contributed by atoms with Gasteiger partial charge in [-0.25, -0.2) is 13.8 Å². The zero-order valence-corrected chi connectivity index (χ0v) is 21.7. The highest BCUT2D eigenvalue weighted by Crippen LogP contribution is 2.25. The van der Waals surface area contributed by atoms with Crippen LogP contribution in [0.25, 0.3) is 0 Å². The standard InChI is InChI=1S/C29H29F2N5O4/c30-24-14-12-20(16-25(24)31)34-29-36-35-28(40-29)27(37)33-21-13-15-26(32-17-21)39-23-10-4-8-22(9-5-11-23)38-18-19-6-2-1-3-7-19/h1-3,6-7,12-17,22-23H,4-5,8-11,18H2,(H,33,37)(H,34,36). The molecule has 0 saturated heterocycles. The van der Waals surface area contributed by atoms with Crippen LogP contribution >= 0.6 is 0 Å². The van der Waals surface area contributed by atoms with Gasteiger partial charge in [-0.15, -0.1) is 5.10 Å². The molecular formula is C29H29F2N5O4. The number of carbonyl (C=O) groups is 1. The molecule has 4 aromatic rings. The number of amides is 1. The minimum absolute atomic E-state index is 0.0712. The van der Waals surface area contributed by atoms with Crippen molar-refractivity contribution in [3.05, 3.63) is 89.9 Å². The summed E-state index contributed by atoms with van der Waals surface area (Å²) in [6.45, 7) is 0.639. The Balaban J connectivity index is 1.06. The second-order valence-electron chi connectivity index (χ2n) is 9.53. The van der Waals surface area contributed by atoms with Crippen molar-refractivity contribution in [2.75, 3.05) is 10.6 Å². The molecule has 9 nitrogen and oxygen atoms in total. The third-order valence-electron chi connectivity index (χ3n) is 6.50. The lowest BCUT2D eigenvalue weighted by Crippen LogP contribution is -2.23. The number of aromatic nitrogens is 3. The Kier molecular flexibility index (Phi) is 8.92. The van der Waals surface area contributed by atoms with Crippen molar-refractivity contribution in [2.45, 2.75) is 57.3 Å². The Hall–Kier alpha value is -4.38. The Morgan fingerprint density at radius 2 is 1.65 bits per heavy atom. The summed E-state index contributed by atoms with van der Waals surface area (Å²) >= 11 is 0. The molecular weight excluding hydrogens is 520 g/mol. The zero-order chi connectivity index (χ0) is 27.7. The number of ether oxygens (including phenoxy) is 2. The van der Waals surface area contributed by atoms with E-state index < -0.39 is 17.5 Å². The largest absolute Gasteiger partial charge is 0.474 e. The fraction of sp³-hybridized carbons (Fsp3) is 0.310. The van der Waals surface area contributed by atoms with Gasteiger partial charge in [0.1, 0.15) is 6.10 Å². The van der Waals surface area contributed by atoms with Crippen LogP contribution in [-0.4, -0.2) is 33.3 Å². The number of rotatable bonds is 9. The number of nitrogens with zero attached hydrogens (tertiary/aromatic N) is 3. The highest BCUT2D eigenvalue weighted by atomic mass is 19.2. The Bertz CT molecular complexity index is 1390. The minimum Gasteiger partial charge on any atom is -0.474 e. The monoisotopic (exact) mass is 549 g/mol. The molecule has 2 N–H and O–H groups in total. The summed E-state index contributed by atoms with van der Waals surface area (Å²) in [5, 5.41) is 12.6.